The normalized spacial score (nSPS) is 15.3. The molecule has 3 rings (SSSR count). The number of aromatic nitrogens is 1. The van der Waals surface area contributed by atoms with E-state index in [9.17, 15) is 18.0 Å². The highest BCUT2D eigenvalue weighted by molar-refractivity contribution is 5.91. The van der Waals surface area contributed by atoms with Crippen LogP contribution < -0.4 is 15.5 Å². The van der Waals surface area contributed by atoms with Gasteiger partial charge in [-0.2, -0.15) is 13.2 Å². The van der Waals surface area contributed by atoms with E-state index in [0.29, 0.717) is 32.0 Å². The van der Waals surface area contributed by atoms with Crippen LogP contribution in [0.5, 0.6) is 0 Å². The predicted octanol–water partition coefficient (Wildman–Crippen LogP) is 2.53. The summed E-state index contributed by atoms with van der Waals surface area (Å²) in [6.45, 7) is 2.59. The third kappa shape index (κ3) is 3.84. The molecule has 1 aliphatic rings. The van der Waals surface area contributed by atoms with Crippen LogP contribution in [0.25, 0.3) is 0 Å². The fourth-order valence-electron chi connectivity index (χ4n) is 2.79. The lowest BCUT2D eigenvalue weighted by atomic mass is 10.1. The second-order valence-corrected chi connectivity index (χ2v) is 5.76. The Bertz CT molecular complexity index is 753. The van der Waals surface area contributed by atoms with Crippen LogP contribution in [0.1, 0.15) is 16.1 Å². The second kappa shape index (κ2) is 6.62. The van der Waals surface area contributed by atoms with Crippen molar-refractivity contribution in [3.05, 3.63) is 53.7 Å². The zero-order valence-corrected chi connectivity index (χ0v) is 13.3. The highest BCUT2D eigenvalue weighted by Gasteiger charge is 2.30. The number of hydrogen-bond acceptors (Lipinski definition) is 4. The second-order valence-electron chi connectivity index (χ2n) is 5.76. The molecule has 2 aromatic rings. The van der Waals surface area contributed by atoms with Gasteiger partial charge in [0.05, 0.1) is 5.56 Å². The van der Waals surface area contributed by atoms with Gasteiger partial charge >= 0.3 is 6.18 Å². The number of carbonyl (C=O) groups is 1. The van der Waals surface area contributed by atoms with Gasteiger partial charge in [-0.3, -0.25) is 4.79 Å². The lowest BCUT2D eigenvalue weighted by molar-refractivity contribution is -0.137. The summed E-state index contributed by atoms with van der Waals surface area (Å²) in [6.07, 6.45) is -4.33. The number of halogens is 3. The Balaban J connectivity index is 1.66. The molecular formula is C17H17F3N4O. The molecule has 1 aromatic carbocycles. The molecule has 132 valence electrons. The molecule has 2 N–H and O–H groups in total. The van der Waals surface area contributed by atoms with Crippen LogP contribution in [-0.2, 0) is 6.18 Å². The van der Waals surface area contributed by atoms with Crippen molar-refractivity contribution < 1.29 is 18.0 Å². The van der Waals surface area contributed by atoms with E-state index in [1.165, 1.54) is 12.1 Å². The van der Waals surface area contributed by atoms with Crippen molar-refractivity contribution in [2.45, 2.75) is 6.18 Å². The first-order valence-electron chi connectivity index (χ1n) is 7.78. The summed E-state index contributed by atoms with van der Waals surface area (Å²) in [4.78, 5) is 19.5. The number of rotatable bonds is 3. The molecule has 25 heavy (non-hydrogen) atoms. The Hall–Kier alpha value is -2.77. The molecule has 0 bridgehead atoms. The fourth-order valence-corrected chi connectivity index (χ4v) is 2.79. The van der Waals surface area contributed by atoms with E-state index in [2.05, 4.69) is 4.98 Å². The number of benzene rings is 1. The molecule has 1 saturated heterocycles. The topological polar surface area (TPSA) is 62.5 Å². The number of hydrogen-bond donors (Lipinski definition) is 1. The lowest BCUT2D eigenvalue weighted by Crippen LogP contribution is -2.47. The van der Waals surface area contributed by atoms with Crippen LogP contribution in [0, 0.1) is 0 Å². The number of pyridine rings is 1. The van der Waals surface area contributed by atoms with Gasteiger partial charge in [-0.05, 0) is 36.4 Å². The fraction of sp³-hybridized carbons (Fsp3) is 0.294. The van der Waals surface area contributed by atoms with E-state index in [0.717, 1.165) is 17.8 Å². The van der Waals surface area contributed by atoms with Gasteiger partial charge in [0.2, 0.25) is 0 Å². The number of nitrogens with two attached hydrogens (primary N) is 1. The molecule has 0 radical (unpaired) electrons. The molecular weight excluding hydrogens is 333 g/mol. The van der Waals surface area contributed by atoms with Gasteiger partial charge in [0, 0.05) is 31.9 Å². The maximum atomic E-state index is 12.6. The molecule has 1 aromatic heterocycles. The van der Waals surface area contributed by atoms with Crippen LogP contribution in [0.15, 0.2) is 42.5 Å². The zero-order chi connectivity index (χ0) is 18.0. The van der Waals surface area contributed by atoms with Crippen molar-refractivity contribution in [3.63, 3.8) is 0 Å². The summed E-state index contributed by atoms with van der Waals surface area (Å²) in [5, 5.41) is 0. The van der Waals surface area contributed by atoms with Crippen molar-refractivity contribution >= 4 is 17.4 Å². The Morgan fingerprint density at radius 2 is 1.56 bits per heavy atom. The summed E-state index contributed by atoms with van der Waals surface area (Å²) in [5.41, 5.74) is 5.56. The monoisotopic (exact) mass is 350 g/mol. The molecule has 8 heteroatoms. The van der Waals surface area contributed by atoms with Gasteiger partial charge in [0.15, 0.2) is 0 Å². The van der Waals surface area contributed by atoms with E-state index in [-0.39, 0.29) is 5.69 Å². The van der Waals surface area contributed by atoms with Crippen LogP contribution in [0.2, 0.25) is 0 Å². The average molecular weight is 350 g/mol. The van der Waals surface area contributed by atoms with Crippen LogP contribution in [0.4, 0.5) is 24.7 Å². The smallest absolute Gasteiger partial charge is 0.368 e. The third-order valence-electron chi connectivity index (χ3n) is 4.15. The summed E-state index contributed by atoms with van der Waals surface area (Å²) >= 11 is 0. The standard InChI is InChI=1S/C17H17F3N4O/c18-17(19,20)12-4-6-13(7-5-12)23-8-10-24(11-9-23)15-3-1-2-14(22-15)16(21)25/h1-7H,8-11H2,(H2,21,25). The van der Waals surface area contributed by atoms with Crippen molar-refractivity contribution in [2.24, 2.45) is 5.73 Å². The van der Waals surface area contributed by atoms with Crippen molar-refractivity contribution in [1.29, 1.82) is 0 Å². The largest absolute Gasteiger partial charge is 0.416 e. The van der Waals surface area contributed by atoms with Crippen LogP contribution in [-0.4, -0.2) is 37.1 Å². The van der Waals surface area contributed by atoms with E-state index < -0.39 is 17.6 Å². The molecule has 0 spiro atoms. The van der Waals surface area contributed by atoms with Gasteiger partial charge < -0.3 is 15.5 Å². The van der Waals surface area contributed by atoms with Gasteiger partial charge in [0.25, 0.3) is 5.91 Å². The Kier molecular flexibility index (Phi) is 4.52. The summed E-state index contributed by atoms with van der Waals surface area (Å²) in [6, 6.07) is 10.3. The third-order valence-corrected chi connectivity index (χ3v) is 4.15. The average Bonchev–Trinajstić information content (AvgIpc) is 2.61. The van der Waals surface area contributed by atoms with E-state index >= 15 is 0 Å². The number of amides is 1. The molecule has 1 amide bonds. The van der Waals surface area contributed by atoms with E-state index in [1.54, 1.807) is 18.2 Å². The first-order valence-corrected chi connectivity index (χ1v) is 7.78. The van der Waals surface area contributed by atoms with Crippen LogP contribution in [0.3, 0.4) is 0 Å². The number of nitrogens with zero attached hydrogens (tertiary/aromatic N) is 3. The Labute approximate surface area is 142 Å². The maximum Gasteiger partial charge on any atom is 0.416 e. The first-order chi connectivity index (χ1) is 11.8. The van der Waals surface area contributed by atoms with E-state index in [1.807, 2.05) is 9.80 Å². The van der Waals surface area contributed by atoms with Crippen molar-refractivity contribution in [3.8, 4) is 0 Å². The molecule has 0 atom stereocenters. The maximum absolute atomic E-state index is 12.6. The minimum absolute atomic E-state index is 0.211. The quantitative estimate of drug-likeness (QED) is 0.924. The van der Waals surface area contributed by atoms with Gasteiger partial charge in [-0.25, -0.2) is 4.98 Å². The Morgan fingerprint density at radius 1 is 0.960 bits per heavy atom. The molecule has 5 nitrogen and oxygen atoms in total. The highest BCUT2D eigenvalue weighted by Crippen LogP contribution is 2.30. The molecule has 1 fully saturated rings. The zero-order valence-electron chi connectivity index (χ0n) is 13.3. The number of alkyl halides is 3. The summed E-state index contributed by atoms with van der Waals surface area (Å²) in [7, 11) is 0. The number of carbonyl (C=O) groups excluding carboxylic acids is 1. The summed E-state index contributed by atoms with van der Waals surface area (Å²) in [5.74, 6) is 0.0913. The minimum Gasteiger partial charge on any atom is -0.368 e. The van der Waals surface area contributed by atoms with Crippen molar-refractivity contribution in [2.75, 3.05) is 36.0 Å². The summed E-state index contributed by atoms with van der Waals surface area (Å²) < 4.78 is 37.9. The van der Waals surface area contributed by atoms with Crippen molar-refractivity contribution in [1.82, 2.24) is 4.98 Å². The predicted molar refractivity (Wildman–Crippen MR) is 88.6 cm³/mol. The van der Waals surface area contributed by atoms with Gasteiger partial charge in [0.1, 0.15) is 11.5 Å². The lowest BCUT2D eigenvalue weighted by Gasteiger charge is -2.36. The van der Waals surface area contributed by atoms with E-state index in [4.69, 9.17) is 5.73 Å². The van der Waals surface area contributed by atoms with Gasteiger partial charge in [-0.15, -0.1) is 0 Å². The molecule has 0 saturated carbocycles. The van der Waals surface area contributed by atoms with Crippen LogP contribution >= 0.6 is 0 Å². The number of piperazine rings is 1. The highest BCUT2D eigenvalue weighted by atomic mass is 19.4. The number of anilines is 2. The molecule has 0 aliphatic carbocycles. The molecule has 1 aliphatic heterocycles. The van der Waals surface area contributed by atoms with Gasteiger partial charge in [-0.1, -0.05) is 6.07 Å². The first kappa shape index (κ1) is 17.1. The Morgan fingerprint density at radius 3 is 2.12 bits per heavy atom. The minimum atomic E-state index is -4.33. The molecule has 0 unspecified atom stereocenters. The number of primary amides is 1. The SMILES string of the molecule is NC(=O)c1cccc(N2CCN(c3ccc(C(F)(F)F)cc3)CC2)n1. The molecule has 2 heterocycles.